The van der Waals surface area contributed by atoms with Gasteiger partial charge in [0.25, 0.3) is 0 Å². The summed E-state index contributed by atoms with van der Waals surface area (Å²) in [6.07, 6.45) is 0.161. The van der Waals surface area contributed by atoms with Crippen molar-refractivity contribution in [1.29, 1.82) is 0 Å². The van der Waals surface area contributed by atoms with Crippen molar-refractivity contribution in [2.24, 2.45) is 0 Å². The molecule has 0 heterocycles. The average Bonchev–Trinajstić information content (AvgIpc) is 2.16. The monoisotopic (exact) mass is 220 g/mol. The first-order valence-electron chi connectivity index (χ1n) is 5.65. The Labute approximate surface area is 97.3 Å². The van der Waals surface area contributed by atoms with E-state index in [1.54, 1.807) is 0 Å². The summed E-state index contributed by atoms with van der Waals surface area (Å²) in [7, 11) is 0. The van der Waals surface area contributed by atoms with Crippen LogP contribution in [0, 0.1) is 0 Å². The molecule has 0 atom stereocenters. The number of carbonyl (C=O) groups is 1. The van der Waals surface area contributed by atoms with Gasteiger partial charge in [0.05, 0.1) is 6.42 Å². The van der Waals surface area contributed by atoms with Crippen LogP contribution in [-0.2, 0) is 10.2 Å². The van der Waals surface area contributed by atoms with E-state index in [9.17, 15) is 4.79 Å². The molecule has 0 aliphatic heterocycles. The van der Waals surface area contributed by atoms with Gasteiger partial charge in [-0.15, -0.1) is 0 Å². The quantitative estimate of drug-likeness (QED) is 0.842. The molecule has 2 nitrogen and oxygen atoms in total. The molecule has 1 N–H and O–H groups in total. The first-order valence-corrected chi connectivity index (χ1v) is 5.65. The van der Waals surface area contributed by atoms with Gasteiger partial charge in [0.1, 0.15) is 0 Å². The fourth-order valence-corrected chi connectivity index (χ4v) is 1.80. The van der Waals surface area contributed by atoms with Gasteiger partial charge in [-0.3, -0.25) is 4.79 Å². The van der Waals surface area contributed by atoms with Crippen LogP contribution in [0.25, 0.3) is 0 Å². The van der Waals surface area contributed by atoms with Crippen molar-refractivity contribution in [3.05, 3.63) is 35.4 Å². The average molecular weight is 220 g/mol. The third-order valence-corrected chi connectivity index (χ3v) is 2.95. The van der Waals surface area contributed by atoms with Crippen LogP contribution in [0.4, 0.5) is 0 Å². The SMILES string of the molecule is CC(C)c1ccc(C(C)(C)CC(=O)O)cc1. The fraction of sp³-hybridized carbons (Fsp3) is 0.500. The molecule has 0 spiro atoms. The molecular formula is C14H20O2. The second-order valence-electron chi connectivity index (χ2n) is 5.23. The Morgan fingerprint density at radius 3 is 2.12 bits per heavy atom. The van der Waals surface area contributed by atoms with Crippen LogP contribution in [0.15, 0.2) is 24.3 Å². The molecule has 0 aromatic heterocycles. The first kappa shape index (κ1) is 12.8. The molecule has 0 aliphatic rings. The molecule has 88 valence electrons. The lowest BCUT2D eigenvalue weighted by Crippen LogP contribution is -2.21. The van der Waals surface area contributed by atoms with Crippen molar-refractivity contribution in [2.45, 2.75) is 45.4 Å². The molecule has 16 heavy (non-hydrogen) atoms. The van der Waals surface area contributed by atoms with Gasteiger partial charge < -0.3 is 5.11 Å². The zero-order valence-corrected chi connectivity index (χ0v) is 10.4. The summed E-state index contributed by atoms with van der Waals surface area (Å²) in [6, 6.07) is 8.25. The Kier molecular flexibility index (Phi) is 3.74. The molecule has 0 saturated carbocycles. The lowest BCUT2D eigenvalue weighted by atomic mass is 9.81. The molecule has 1 rings (SSSR count). The normalized spacial score (nSPS) is 11.8. The first-order chi connectivity index (χ1) is 7.33. The Morgan fingerprint density at radius 1 is 1.25 bits per heavy atom. The number of aliphatic carboxylic acids is 1. The van der Waals surface area contributed by atoms with Gasteiger partial charge in [0.15, 0.2) is 0 Å². The van der Waals surface area contributed by atoms with E-state index in [2.05, 4.69) is 26.0 Å². The number of carboxylic acids is 1. The van der Waals surface area contributed by atoms with Crippen molar-refractivity contribution >= 4 is 5.97 Å². The molecule has 0 amide bonds. The van der Waals surface area contributed by atoms with Gasteiger partial charge in [-0.05, 0) is 17.0 Å². The zero-order chi connectivity index (χ0) is 12.3. The van der Waals surface area contributed by atoms with E-state index in [-0.39, 0.29) is 11.8 Å². The highest BCUT2D eigenvalue weighted by Gasteiger charge is 2.23. The van der Waals surface area contributed by atoms with Crippen LogP contribution in [0.5, 0.6) is 0 Å². The van der Waals surface area contributed by atoms with Crippen LogP contribution in [0.3, 0.4) is 0 Å². The highest BCUT2D eigenvalue weighted by molar-refractivity contribution is 5.68. The number of hydrogen-bond acceptors (Lipinski definition) is 1. The molecular weight excluding hydrogens is 200 g/mol. The fourth-order valence-electron chi connectivity index (χ4n) is 1.80. The summed E-state index contributed by atoms with van der Waals surface area (Å²) in [5.74, 6) is -0.241. The maximum atomic E-state index is 10.8. The van der Waals surface area contributed by atoms with Gasteiger partial charge in [-0.25, -0.2) is 0 Å². The van der Waals surface area contributed by atoms with Crippen molar-refractivity contribution in [3.8, 4) is 0 Å². The van der Waals surface area contributed by atoms with E-state index in [0.717, 1.165) is 5.56 Å². The van der Waals surface area contributed by atoms with Gasteiger partial charge >= 0.3 is 5.97 Å². The lowest BCUT2D eigenvalue weighted by Gasteiger charge is -2.23. The largest absolute Gasteiger partial charge is 0.481 e. The van der Waals surface area contributed by atoms with Gasteiger partial charge in [-0.1, -0.05) is 52.0 Å². The molecule has 2 heteroatoms. The summed E-state index contributed by atoms with van der Waals surface area (Å²) < 4.78 is 0. The molecule has 0 unspecified atom stereocenters. The summed E-state index contributed by atoms with van der Waals surface area (Å²) in [6.45, 7) is 8.23. The predicted molar refractivity (Wildman–Crippen MR) is 65.8 cm³/mol. The van der Waals surface area contributed by atoms with Gasteiger partial charge in [0.2, 0.25) is 0 Å². The molecule has 0 saturated heterocycles. The van der Waals surface area contributed by atoms with Crippen LogP contribution < -0.4 is 0 Å². The number of carboxylic acid groups (broad SMARTS) is 1. The molecule has 1 aromatic rings. The van der Waals surface area contributed by atoms with Gasteiger partial charge in [-0.2, -0.15) is 0 Å². The minimum Gasteiger partial charge on any atom is -0.481 e. The third-order valence-electron chi connectivity index (χ3n) is 2.95. The smallest absolute Gasteiger partial charge is 0.304 e. The minimum absolute atomic E-state index is 0.161. The van der Waals surface area contributed by atoms with Crippen molar-refractivity contribution in [1.82, 2.24) is 0 Å². The van der Waals surface area contributed by atoms with E-state index in [1.165, 1.54) is 5.56 Å². The van der Waals surface area contributed by atoms with Crippen molar-refractivity contribution < 1.29 is 9.90 Å². The van der Waals surface area contributed by atoms with Crippen molar-refractivity contribution in [3.63, 3.8) is 0 Å². The summed E-state index contributed by atoms with van der Waals surface area (Å²) in [5, 5.41) is 8.85. The summed E-state index contributed by atoms with van der Waals surface area (Å²) in [5.41, 5.74) is 2.07. The Bertz CT molecular complexity index is 361. The van der Waals surface area contributed by atoms with E-state index in [1.807, 2.05) is 26.0 Å². The Balaban J connectivity index is 2.92. The Morgan fingerprint density at radius 2 is 1.75 bits per heavy atom. The molecule has 0 bridgehead atoms. The van der Waals surface area contributed by atoms with E-state index in [0.29, 0.717) is 5.92 Å². The van der Waals surface area contributed by atoms with E-state index >= 15 is 0 Å². The topological polar surface area (TPSA) is 37.3 Å². The highest BCUT2D eigenvalue weighted by atomic mass is 16.4. The van der Waals surface area contributed by atoms with Crippen LogP contribution >= 0.6 is 0 Å². The second-order valence-corrected chi connectivity index (χ2v) is 5.23. The predicted octanol–water partition coefficient (Wildman–Crippen LogP) is 3.56. The van der Waals surface area contributed by atoms with Crippen molar-refractivity contribution in [2.75, 3.05) is 0 Å². The molecule has 1 aromatic carbocycles. The number of hydrogen-bond donors (Lipinski definition) is 1. The highest BCUT2D eigenvalue weighted by Crippen LogP contribution is 2.28. The second kappa shape index (κ2) is 4.69. The minimum atomic E-state index is -0.752. The molecule has 0 aliphatic carbocycles. The standard InChI is InChI=1S/C14H20O2/c1-10(2)11-5-7-12(8-6-11)14(3,4)9-13(15)16/h5-8,10H,9H2,1-4H3,(H,15,16). The third kappa shape index (κ3) is 3.09. The lowest BCUT2D eigenvalue weighted by molar-refractivity contribution is -0.138. The zero-order valence-electron chi connectivity index (χ0n) is 10.4. The van der Waals surface area contributed by atoms with E-state index < -0.39 is 5.97 Å². The maximum Gasteiger partial charge on any atom is 0.304 e. The Hall–Kier alpha value is -1.31. The molecule has 0 radical (unpaired) electrons. The summed E-state index contributed by atoms with van der Waals surface area (Å²) >= 11 is 0. The maximum absolute atomic E-state index is 10.8. The van der Waals surface area contributed by atoms with E-state index in [4.69, 9.17) is 5.11 Å². The van der Waals surface area contributed by atoms with Gasteiger partial charge in [0, 0.05) is 5.41 Å². The van der Waals surface area contributed by atoms with Crippen LogP contribution in [0.2, 0.25) is 0 Å². The number of benzene rings is 1. The van der Waals surface area contributed by atoms with Crippen LogP contribution in [-0.4, -0.2) is 11.1 Å². The number of rotatable bonds is 4. The van der Waals surface area contributed by atoms with Crippen LogP contribution in [0.1, 0.15) is 51.2 Å². The summed E-state index contributed by atoms with van der Waals surface area (Å²) in [4.78, 5) is 10.8. The molecule has 0 fully saturated rings.